The Hall–Kier alpha value is -3.33. The lowest BCUT2D eigenvalue weighted by Crippen LogP contribution is -2.31. The van der Waals surface area contributed by atoms with Crippen LogP contribution in [0, 0.1) is 0 Å². The number of carbonyl (C=O) groups is 2. The number of hydrogen-bond donors (Lipinski definition) is 1. The fourth-order valence-electron chi connectivity index (χ4n) is 2.88. The molecule has 3 aromatic rings. The predicted octanol–water partition coefficient (Wildman–Crippen LogP) is 3.38. The summed E-state index contributed by atoms with van der Waals surface area (Å²) in [5.41, 5.74) is 1.31. The summed E-state index contributed by atoms with van der Waals surface area (Å²) in [6.07, 6.45) is 1.62. The highest BCUT2D eigenvalue weighted by atomic mass is 32.1. The van der Waals surface area contributed by atoms with E-state index in [0.29, 0.717) is 33.5 Å². The third kappa shape index (κ3) is 5.18. The maximum Gasteiger partial charge on any atom is 0.307 e. The van der Waals surface area contributed by atoms with Crippen LogP contribution in [0.2, 0.25) is 0 Å². The first-order valence-corrected chi connectivity index (χ1v) is 9.98. The van der Waals surface area contributed by atoms with E-state index in [0.717, 1.165) is 0 Å². The van der Waals surface area contributed by atoms with Crippen LogP contribution in [-0.2, 0) is 20.7 Å². The second-order valence-corrected chi connectivity index (χ2v) is 7.17. The highest BCUT2D eigenvalue weighted by Crippen LogP contribution is 2.31. The number of furan rings is 1. The number of nitrogens with one attached hydrogen (secondary N) is 1. The maximum absolute atomic E-state index is 12.7. The molecular formula is C21H22N2O6S. The van der Waals surface area contributed by atoms with Gasteiger partial charge in [0.25, 0.3) is 0 Å². The number of rotatable bonds is 9. The third-order valence-electron chi connectivity index (χ3n) is 4.37. The Balaban J connectivity index is 1.74. The van der Waals surface area contributed by atoms with Gasteiger partial charge in [0.05, 0.1) is 52.2 Å². The first kappa shape index (κ1) is 21.4. The molecule has 0 fully saturated rings. The Kier molecular flexibility index (Phi) is 7.08. The van der Waals surface area contributed by atoms with Crippen molar-refractivity contribution in [3.05, 3.63) is 53.2 Å². The molecule has 0 radical (unpaired) electrons. The summed E-state index contributed by atoms with van der Waals surface area (Å²) in [7, 11) is 4.37. The molecule has 1 aromatic carbocycles. The minimum Gasteiger partial charge on any atom is -0.493 e. The molecule has 0 saturated carbocycles. The monoisotopic (exact) mass is 430 g/mol. The van der Waals surface area contributed by atoms with E-state index in [2.05, 4.69) is 10.3 Å². The summed E-state index contributed by atoms with van der Waals surface area (Å²) >= 11 is 1.40. The van der Waals surface area contributed by atoms with Crippen LogP contribution in [0.4, 0.5) is 0 Å². The van der Waals surface area contributed by atoms with Crippen LogP contribution in [0.15, 0.2) is 46.4 Å². The predicted molar refractivity (Wildman–Crippen MR) is 111 cm³/mol. The summed E-state index contributed by atoms with van der Waals surface area (Å²) in [6, 6.07) is 8.22. The molecule has 0 saturated heterocycles. The van der Waals surface area contributed by atoms with Gasteiger partial charge in [0, 0.05) is 5.38 Å². The zero-order valence-corrected chi connectivity index (χ0v) is 17.7. The van der Waals surface area contributed by atoms with Gasteiger partial charge in [-0.15, -0.1) is 11.3 Å². The quantitative estimate of drug-likeness (QED) is 0.520. The largest absolute Gasteiger partial charge is 0.493 e. The average Bonchev–Trinajstić information content (AvgIpc) is 3.44. The van der Waals surface area contributed by atoms with Crippen LogP contribution >= 0.6 is 11.3 Å². The van der Waals surface area contributed by atoms with E-state index in [1.165, 1.54) is 32.7 Å². The van der Waals surface area contributed by atoms with E-state index in [9.17, 15) is 9.59 Å². The molecule has 158 valence electrons. The summed E-state index contributed by atoms with van der Waals surface area (Å²) in [4.78, 5) is 29.0. The fourth-order valence-corrected chi connectivity index (χ4v) is 3.67. The minimum atomic E-state index is -0.590. The maximum atomic E-state index is 12.7. The smallest absolute Gasteiger partial charge is 0.307 e. The molecule has 0 aliphatic heterocycles. The molecule has 0 spiro atoms. The van der Waals surface area contributed by atoms with Crippen LogP contribution in [0.5, 0.6) is 11.5 Å². The second kappa shape index (κ2) is 9.93. The van der Waals surface area contributed by atoms with Crippen LogP contribution in [0.25, 0.3) is 10.8 Å². The molecule has 30 heavy (non-hydrogen) atoms. The van der Waals surface area contributed by atoms with Gasteiger partial charge >= 0.3 is 5.97 Å². The van der Waals surface area contributed by atoms with E-state index in [1.807, 2.05) is 11.4 Å². The minimum absolute atomic E-state index is 0.0214. The molecule has 9 heteroatoms. The molecule has 1 N–H and O–H groups in total. The number of amides is 1. The van der Waals surface area contributed by atoms with Crippen molar-refractivity contribution in [2.24, 2.45) is 0 Å². The van der Waals surface area contributed by atoms with Crippen LogP contribution in [0.1, 0.15) is 23.7 Å². The lowest BCUT2D eigenvalue weighted by Gasteiger charge is -2.19. The molecule has 1 amide bonds. The third-order valence-corrected chi connectivity index (χ3v) is 5.27. The van der Waals surface area contributed by atoms with Gasteiger partial charge < -0.3 is 23.9 Å². The average molecular weight is 430 g/mol. The van der Waals surface area contributed by atoms with Crippen molar-refractivity contribution in [2.75, 3.05) is 21.3 Å². The molecule has 2 heterocycles. The van der Waals surface area contributed by atoms with Crippen LogP contribution in [0.3, 0.4) is 0 Å². The number of aromatic nitrogens is 1. The molecule has 1 atom stereocenters. The van der Waals surface area contributed by atoms with Crippen molar-refractivity contribution in [3.8, 4) is 22.3 Å². The molecular weight excluding hydrogens is 408 g/mol. The van der Waals surface area contributed by atoms with Gasteiger partial charge in [-0.25, -0.2) is 4.98 Å². The van der Waals surface area contributed by atoms with Crippen molar-refractivity contribution >= 4 is 23.2 Å². The molecule has 0 aliphatic carbocycles. The molecule has 8 nitrogen and oxygen atoms in total. The summed E-state index contributed by atoms with van der Waals surface area (Å²) in [5.74, 6) is 0.999. The van der Waals surface area contributed by atoms with E-state index >= 15 is 0 Å². The normalized spacial score (nSPS) is 11.6. The summed E-state index contributed by atoms with van der Waals surface area (Å²) in [5, 5.41) is 5.40. The zero-order chi connectivity index (χ0) is 21.5. The number of carbonyl (C=O) groups excluding carboxylic acids is 2. The Bertz CT molecular complexity index is 999. The van der Waals surface area contributed by atoms with Crippen molar-refractivity contribution in [1.82, 2.24) is 10.3 Å². The number of hydrogen-bond acceptors (Lipinski definition) is 8. The van der Waals surface area contributed by atoms with Gasteiger partial charge in [-0.3, -0.25) is 9.59 Å². The number of methoxy groups -OCH3 is 3. The van der Waals surface area contributed by atoms with Crippen LogP contribution < -0.4 is 14.8 Å². The van der Waals surface area contributed by atoms with E-state index in [-0.39, 0.29) is 18.7 Å². The number of esters is 1. The molecule has 1 unspecified atom stereocenters. The fraction of sp³-hybridized carbons (Fsp3) is 0.286. The lowest BCUT2D eigenvalue weighted by molar-refractivity contribution is -0.141. The van der Waals surface area contributed by atoms with Gasteiger partial charge in [0.2, 0.25) is 5.91 Å². The molecule has 2 aromatic heterocycles. The SMILES string of the molecule is COC(=O)CC(NC(=O)Cc1csc(-c2ccco2)n1)c1ccc(OC)c(OC)c1. The molecule has 3 rings (SSSR count). The van der Waals surface area contributed by atoms with Crippen molar-refractivity contribution in [1.29, 1.82) is 0 Å². The Morgan fingerprint density at radius 2 is 1.97 bits per heavy atom. The Labute approximate surface area is 177 Å². The second-order valence-electron chi connectivity index (χ2n) is 6.31. The number of ether oxygens (including phenoxy) is 3. The highest BCUT2D eigenvalue weighted by molar-refractivity contribution is 7.13. The van der Waals surface area contributed by atoms with E-state index in [1.54, 1.807) is 30.5 Å². The lowest BCUT2D eigenvalue weighted by atomic mass is 10.0. The number of nitrogens with zero attached hydrogens (tertiary/aromatic N) is 1. The van der Waals surface area contributed by atoms with Gasteiger partial charge in [0.15, 0.2) is 22.3 Å². The first-order chi connectivity index (χ1) is 14.5. The molecule has 0 bridgehead atoms. The number of benzene rings is 1. The standard InChI is InChI=1S/C21H22N2O6S/c1-26-16-7-6-13(9-18(16)27-2)15(11-20(25)28-3)23-19(24)10-14-12-30-21(22-14)17-5-4-8-29-17/h4-9,12,15H,10-11H2,1-3H3,(H,23,24). The van der Waals surface area contributed by atoms with E-state index in [4.69, 9.17) is 18.6 Å². The van der Waals surface area contributed by atoms with Crippen molar-refractivity contribution in [3.63, 3.8) is 0 Å². The van der Waals surface area contributed by atoms with E-state index < -0.39 is 12.0 Å². The zero-order valence-electron chi connectivity index (χ0n) is 16.8. The van der Waals surface area contributed by atoms with Gasteiger partial charge in [-0.2, -0.15) is 0 Å². The van der Waals surface area contributed by atoms with Crippen molar-refractivity contribution in [2.45, 2.75) is 18.9 Å². The molecule has 0 aliphatic rings. The Morgan fingerprint density at radius 3 is 2.63 bits per heavy atom. The number of thiazole rings is 1. The highest BCUT2D eigenvalue weighted by Gasteiger charge is 2.21. The first-order valence-electron chi connectivity index (χ1n) is 9.10. The summed E-state index contributed by atoms with van der Waals surface area (Å²) < 4.78 is 20.7. The topological polar surface area (TPSA) is 99.9 Å². The van der Waals surface area contributed by atoms with Crippen molar-refractivity contribution < 1.29 is 28.2 Å². The van der Waals surface area contributed by atoms with Gasteiger partial charge in [0.1, 0.15) is 0 Å². The Morgan fingerprint density at radius 1 is 1.17 bits per heavy atom. The van der Waals surface area contributed by atoms with Crippen LogP contribution in [-0.4, -0.2) is 38.2 Å². The van der Waals surface area contributed by atoms with Gasteiger partial charge in [-0.1, -0.05) is 6.07 Å². The van der Waals surface area contributed by atoms with Gasteiger partial charge in [-0.05, 0) is 29.8 Å². The summed E-state index contributed by atoms with van der Waals surface area (Å²) in [6.45, 7) is 0.